The van der Waals surface area contributed by atoms with Crippen molar-refractivity contribution in [2.24, 2.45) is 5.92 Å². The molecule has 1 aromatic carbocycles. The number of ether oxygens (including phenoxy) is 1. The number of aliphatic hydroxyl groups excluding tert-OH is 1. The van der Waals surface area contributed by atoms with Crippen molar-refractivity contribution in [2.75, 3.05) is 25.6 Å². The van der Waals surface area contributed by atoms with Gasteiger partial charge in [0.2, 0.25) is 0 Å². The van der Waals surface area contributed by atoms with Crippen molar-refractivity contribution in [2.45, 2.75) is 18.9 Å². The number of rotatable bonds is 4. The van der Waals surface area contributed by atoms with Gasteiger partial charge in [-0.2, -0.15) is 5.26 Å². The maximum atomic E-state index is 9.29. The van der Waals surface area contributed by atoms with Crippen LogP contribution in [-0.2, 0) is 0 Å². The van der Waals surface area contributed by atoms with E-state index in [0.717, 1.165) is 30.8 Å². The number of methoxy groups -OCH3 is 1. The van der Waals surface area contributed by atoms with Crippen molar-refractivity contribution in [1.82, 2.24) is 0 Å². The van der Waals surface area contributed by atoms with E-state index in [1.54, 1.807) is 19.2 Å². The molecule has 0 radical (unpaired) electrons. The van der Waals surface area contributed by atoms with E-state index in [1.165, 1.54) is 0 Å². The molecule has 2 rings (SSSR count). The van der Waals surface area contributed by atoms with E-state index in [-0.39, 0.29) is 6.10 Å². The SMILES string of the molecule is COc1ccc(C#N)c(N(C)CC2CC(O)C2)c1. The minimum absolute atomic E-state index is 0.135. The molecule has 0 amide bonds. The number of aliphatic hydroxyl groups is 1. The van der Waals surface area contributed by atoms with Crippen molar-refractivity contribution < 1.29 is 9.84 Å². The first-order valence-electron chi connectivity index (χ1n) is 6.11. The van der Waals surface area contributed by atoms with Gasteiger partial charge < -0.3 is 14.7 Å². The molecular weight excluding hydrogens is 228 g/mol. The van der Waals surface area contributed by atoms with Gasteiger partial charge in [0.1, 0.15) is 11.8 Å². The van der Waals surface area contributed by atoms with E-state index < -0.39 is 0 Å². The summed E-state index contributed by atoms with van der Waals surface area (Å²) in [5.74, 6) is 1.27. The zero-order valence-electron chi connectivity index (χ0n) is 10.8. The van der Waals surface area contributed by atoms with Crippen LogP contribution in [-0.4, -0.2) is 31.9 Å². The number of hydrogen-bond acceptors (Lipinski definition) is 4. The summed E-state index contributed by atoms with van der Waals surface area (Å²) >= 11 is 0. The second kappa shape index (κ2) is 5.28. The molecule has 1 aliphatic carbocycles. The number of nitriles is 1. The predicted octanol–water partition coefficient (Wildman–Crippen LogP) is 1.77. The van der Waals surface area contributed by atoms with Crippen molar-refractivity contribution in [1.29, 1.82) is 5.26 Å². The number of benzene rings is 1. The van der Waals surface area contributed by atoms with Crippen LogP contribution in [0.5, 0.6) is 5.75 Å². The van der Waals surface area contributed by atoms with Crippen LogP contribution in [0.1, 0.15) is 18.4 Å². The molecule has 0 bridgehead atoms. The Morgan fingerprint density at radius 1 is 1.50 bits per heavy atom. The Kier molecular flexibility index (Phi) is 3.73. The van der Waals surface area contributed by atoms with E-state index in [4.69, 9.17) is 10.00 Å². The second-order valence-corrected chi connectivity index (χ2v) is 4.87. The molecule has 1 fully saturated rings. The highest BCUT2D eigenvalue weighted by Crippen LogP contribution is 2.31. The van der Waals surface area contributed by atoms with Crippen LogP contribution in [0.15, 0.2) is 18.2 Å². The van der Waals surface area contributed by atoms with Gasteiger partial charge in [0, 0.05) is 19.7 Å². The summed E-state index contributed by atoms with van der Waals surface area (Å²) in [5.41, 5.74) is 1.54. The molecule has 1 aromatic rings. The highest BCUT2D eigenvalue weighted by molar-refractivity contribution is 5.61. The van der Waals surface area contributed by atoms with Gasteiger partial charge in [-0.3, -0.25) is 0 Å². The molecule has 0 atom stereocenters. The Bertz CT molecular complexity index is 461. The van der Waals surface area contributed by atoms with Gasteiger partial charge in [0.15, 0.2) is 0 Å². The first kappa shape index (κ1) is 12.7. The Balaban J connectivity index is 2.12. The zero-order valence-corrected chi connectivity index (χ0v) is 10.8. The van der Waals surface area contributed by atoms with Gasteiger partial charge in [-0.05, 0) is 30.9 Å². The van der Waals surface area contributed by atoms with Gasteiger partial charge >= 0.3 is 0 Å². The molecule has 4 nitrogen and oxygen atoms in total. The maximum Gasteiger partial charge on any atom is 0.121 e. The van der Waals surface area contributed by atoms with Crippen LogP contribution >= 0.6 is 0 Å². The summed E-state index contributed by atoms with van der Waals surface area (Å²) in [7, 11) is 3.59. The van der Waals surface area contributed by atoms with Crippen LogP contribution in [0.4, 0.5) is 5.69 Å². The second-order valence-electron chi connectivity index (χ2n) is 4.87. The molecule has 1 N–H and O–H groups in total. The van der Waals surface area contributed by atoms with Crippen molar-refractivity contribution >= 4 is 5.69 Å². The fourth-order valence-electron chi connectivity index (χ4n) is 2.38. The van der Waals surface area contributed by atoms with E-state index in [2.05, 4.69) is 11.0 Å². The normalized spacial score (nSPS) is 21.9. The molecule has 0 unspecified atom stereocenters. The fourth-order valence-corrected chi connectivity index (χ4v) is 2.38. The lowest BCUT2D eigenvalue weighted by atomic mass is 9.82. The molecule has 4 heteroatoms. The molecule has 18 heavy (non-hydrogen) atoms. The monoisotopic (exact) mass is 246 g/mol. The Morgan fingerprint density at radius 3 is 2.78 bits per heavy atom. The molecule has 0 aromatic heterocycles. The minimum atomic E-state index is -0.135. The van der Waals surface area contributed by atoms with Crippen LogP contribution in [0.2, 0.25) is 0 Å². The van der Waals surface area contributed by atoms with E-state index >= 15 is 0 Å². The standard InChI is InChI=1S/C14H18N2O2/c1-16(9-10-5-12(17)6-10)14-7-13(18-2)4-3-11(14)8-15/h3-4,7,10,12,17H,5-6,9H2,1-2H3. The van der Waals surface area contributed by atoms with Crippen molar-refractivity contribution in [3.8, 4) is 11.8 Å². The van der Waals surface area contributed by atoms with Gasteiger partial charge in [-0.25, -0.2) is 0 Å². The molecule has 0 heterocycles. The van der Waals surface area contributed by atoms with Crippen molar-refractivity contribution in [3.05, 3.63) is 23.8 Å². The lowest BCUT2D eigenvalue weighted by Crippen LogP contribution is -2.37. The number of hydrogen-bond donors (Lipinski definition) is 1. The zero-order chi connectivity index (χ0) is 13.1. The summed E-state index contributed by atoms with van der Waals surface area (Å²) in [6, 6.07) is 7.65. The highest BCUT2D eigenvalue weighted by Gasteiger charge is 2.28. The summed E-state index contributed by atoms with van der Waals surface area (Å²) < 4.78 is 5.19. The molecule has 0 spiro atoms. The number of nitrogens with zero attached hydrogens (tertiary/aromatic N) is 2. The fraction of sp³-hybridized carbons (Fsp3) is 0.500. The summed E-state index contributed by atoms with van der Waals surface area (Å²) in [6.07, 6.45) is 1.58. The molecular formula is C14H18N2O2. The van der Waals surface area contributed by atoms with Gasteiger partial charge in [0.25, 0.3) is 0 Å². The molecule has 1 aliphatic rings. The lowest BCUT2D eigenvalue weighted by Gasteiger charge is -2.35. The maximum absolute atomic E-state index is 9.29. The Labute approximate surface area is 107 Å². The van der Waals surface area contributed by atoms with Crippen LogP contribution in [0.25, 0.3) is 0 Å². The van der Waals surface area contributed by atoms with Crippen molar-refractivity contribution in [3.63, 3.8) is 0 Å². The molecule has 1 saturated carbocycles. The summed E-state index contributed by atoms with van der Waals surface area (Å²) in [6.45, 7) is 0.860. The molecule has 0 saturated heterocycles. The van der Waals surface area contributed by atoms with Gasteiger partial charge in [-0.1, -0.05) is 0 Å². The third kappa shape index (κ3) is 2.57. The minimum Gasteiger partial charge on any atom is -0.497 e. The smallest absolute Gasteiger partial charge is 0.121 e. The average Bonchev–Trinajstić information content (AvgIpc) is 2.36. The van der Waals surface area contributed by atoms with E-state index in [0.29, 0.717) is 11.5 Å². The molecule has 96 valence electrons. The quantitative estimate of drug-likeness (QED) is 0.879. The van der Waals surface area contributed by atoms with E-state index in [1.807, 2.05) is 13.1 Å². The summed E-state index contributed by atoms with van der Waals surface area (Å²) in [4.78, 5) is 2.07. The predicted molar refractivity (Wildman–Crippen MR) is 69.7 cm³/mol. The average molecular weight is 246 g/mol. The van der Waals surface area contributed by atoms with Crippen LogP contribution in [0.3, 0.4) is 0 Å². The topological polar surface area (TPSA) is 56.5 Å². The Morgan fingerprint density at radius 2 is 2.22 bits per heavy atom. The first-order chi connectivity index (χ1) is 8.63. The highest BCUT2D eigenvalue weighted by atomic mass is 16.5. The third-order valence-electron chi connectivity index (χ3n) is 3.48. The van der Waals surface area contributed by atoms with Crippen LogP contribution < -0.4 is 9.64 Å². The van der Waals surface area contributed by atoms with Gasteiger partial charge in [0.05, 0.1) is 24.5 Å². The first-order valence-corrected chi connectivity index (χ1v) is 6.11. The van der Waals surface area contributed by atoms with Gasteiger partial charge in [-0.15, -0.1) is 0 Å². The van der Waals surface area contributed by atoms with Crippen LogP contribution in [0, 0.1) is 17.2 Å². The largest absolute Gasteiger partial charge is 0.497 e. The molecule has 0 aliphatic heterocycles. The third-order valence-corrected chi connectivity index (χ3v) is 3.48. The number of anilines is 1. The lowest BCUT2D eigenvalue weighted by molar-refractivity contribution is 0.0465. The Hall–Kier alpha value is -1.73. The van der Waals surface area contributed by atoms with E-state index in [9.17, 15) is 5.11 Å². The summed E-state index contributed by atoms with van der Waals surface area (Å²) in [5, 5.41) is 18.4.